The van der Waals surface area contributed by atoms with Crippen molar-refractivity contribution in [2.75, 3.05) is 0 Å². The predicted molar refractivity (Wildman–Crippen MR) is 59.9 cm³/mol. The minimum atomic E-state index is -4.23. The molecule has 90 valence electrons. The zero-order valence-corrected chi connectivity index (χ0v) is 10.2. The maximum atomic E-state index is 12.2. The molecule has 16 heavy (non-hydrogen) atoms. The summed E-state index contributed by atoms with van der Waals surface area (Å²) in [6.45, 7) is 5.50. The Morgan fingerprint density at radius 2 is 1.56 bits per heavy atom. The minimum Gasteiger partial charge on any atom is -0.171 e. The second-order valence-electron chi connectivity index (χ2n) is 4.10. The fourth-order valence-electron chi connectivity index (χ4n) is 1.99. The summed E-state index contributed by atoms with van der Waals surface area (Å²) in [4.78, 5) is 0. The van der Waals surface area contributed by atoms with E-state index in [-0.39, 0.29) is 0 Å². The molecule has 1 rings (SSSR count). The Morgan fingerprint density at radius 1 is 1.12 bits per heavy atom. The first-order chi connectivity index (χ1) is 7.20. The Kier molecular flexibility index (Phi) is 3.89. The first-order valence-electron chi connectivity index (χ1n) is 4.99. The van der Waals surface area contributed by atoms with Crippen LogP contribution in [0.1, 0.15) is 34.1 Å². The summed E-state index contributed by atoms with van der Waals surface area (Å²) in [5, 5.41) is -0.999. The number of hydrogen-bond acceptors (Lipinski definition) is 0. The van der Waals surface area contributed by atoms with E-state index in [0.717, 1.165) is 16.7 Å². The van der Waals surface area contributed by atoms with E-state index in [1.165, 1.54) is 0 Å². The summed E-state index contributed by atoms with van der Waals surface area (Å²) in [7, 11) is 0. The Balaban J connectivity index is 3.04. The lowest BCUT2D eigenvalue weighted by Crippen LogP contribution is -2.12. The second kappa shape index (κ2) is 4.66. The van der Waals surface area contributed by atoms with Crippen molar-refractivity contribution in [3.8, 4) is 0 Å². The van der Waals surface area contributed by atoms with Crippen molar-refractivity contribution in [1.29, 1.82) is 0 Å². The topological polar surface area (TPSA) is 0 Å². The molecule has 0 amide bonds. The zero-order valence-electron chi connectivity index (χ0n) is 9.45. The quantitative estimate of drug-likeness (QED) is 0.659. The van der Waals surface area contributed by atoms with Crippen LogP contribution >= 0.6 is 11.6 Å². The number of rotatable bonds is 2. The molecule has 4 heteroatoms. The molecule has 1 aromatic carbocycles. The Morgan fingerprint density at radius 3 is 1.94 bits per heavy atom. The van der Waals surface area contributed by atoms with Crippen LogP contribution in [0.15, 0.2) is 12.1 Å². The molecule has 0 aliphatic rings. The highest BCUT2D eigenvalue weighted by atomic mass is 35.5. The van der Waals surface area contributed by atoms with Crippen molar-refractivity contribution in [2.24, 2.45) is 0 Å². The van der Waals surface area contributed by atoms with Gasteiger partial charge < -0.3 is 0 Å². The number of halogens is 4. The maximum absolute atomic E-state index is 12.2. The van der Waals surface area contributed by atoms with Gasteiger partial charge in [0.1, 0.15) is 0 Å². The molecule has 0 aliphatic carbocycles. The Labute approximate surface area is 98.4 Å². The fraction of sp³-hybridized carbons (Fsp3) is 0.500. The third-order valence-electron chi connectivity index (χ3n) is 2.46. The summed E-state index contributed by atoms with van der Waals surface area (Å²) in [5.41, 5.74) is 3.28. The molecule has 0 fully saturated rings. The van der Waals surface area contributed by atoms with Gasteiger partial charge in [0.15, 0.2) is 0 Å². The first kappa shape index (κ1) is 13.4. The highest BCUT2D eigenvalue weighted by Crippen LogP contribution is 2.37. The van der Waals surface area contributed by atoms with Gasteiger partial charge in [-0.05, 0) is 37.5 Å². The summed E-state index contributed by atoms with van der Waals surface area (Å²) >= 11 is 5.83. The molecule has 0 aromatic heterocycles. The lowest BCUT2D eigenvalue weighted by molar-refractivity contribution is -0.134. The number of alkyl halides is 4. The maximum Gasteiger partial charge on any atom is 0.390 e. The van der Waals surface area contributed by atoms with Crippen LogP contribution in [-0.4, -0.2) is 6.18 Å². The number of aryl methyl sites for hydroxylation is 3. The molecule has 0 nitrogen and oxygen atoms in total. The van der Waals surface area contributed by atoms with Crippen LogP contribution in [-0.2, 0) is 0 Å². The van der Waals surface area contributed by atoms with Crippen LogP contribution in [0.4, 0.5) is 13.2 Å². The Hall–Kier alpha value is -0.700. The molecule has 0 spiro atoms. The monoisotopic (exact) mass is 250 g/mol. The third kappa shape index (κ3) is 3.41. The zero-order chi connectivity index (χ0) is 12.5. The molecule has 0 saturated carbocycles. The molecule has 0 bridgehead atoms. The molecule has 0 saturated heterocycles. The van der Waals surface area contributed by atoms with Crippen molar-refractivity contribution in [3.05, 3.63) is 34.4 Å². The largest absolute Gasteiger partial charge is 0.390 e. The summed E-state index contributed by atoms with van der Waals surface area (Å²) in [6.07, 6.45) is -5.21. The van der Waals surface area contributed by atoms with Crippen LogP contribution in [0, 0.1) is 20.8 Å². The van der Waals surface area contributed by atoms with Gasteiger partial charge in [0, 0.05) is 0 Å². The smallest absolute Gasteiger partial charge is 0.171 e. The summed E-state index contributed by atoms with van der Waals surface area (Å²) in [5.74, 6) is 0. The van der Waals surface area contributed by atoms with Gasteiger partial charge in [-0.2, -0.15) is 13.2 Å². The molecule has 0 radical (unpaired) electrons. The van der Waals surface area contributed by atoms with E-state index in [1.807, 2.05) is 19.1 Å². The predicted octanol–water partition coefficient (Wildman–Crippen LogP) is 4.84. The van der Waals surface area contributed by atoms with Gasteiger partial charge >= 0.3 is 6.18 Å². The molecule has 0 N–H and O–H groups in total. The molecule has 0 aliphatic heterocycles. The van der Waals surface area contributed by atoms with Gasteiger partial charge in [0.05, 0.1) is 11.8 Å². The second-order valence-corrected chi connectivity index (χ2v) is 4.63. The first-order valence-corrected chi connectivity index (χ1v) is 5.43. The summed E-state index contributed by atoms with van der Waals surface area (Å²) < 4.78 is 36.7. The number of benzene rings is 1. The normalized spacial score (nSPS) is 13.9. The van der Waals surface area contributed by atoms with Crippen molar-refractivity contribution in [2.45, 2.75) is 38.7 Å². The van der Waals surface area contributed by atoms with E-state index < -0.39 is 18.0 Å². The van der Waals surface area contributed by atoms with Gasteiger partial charge in [-0.25, -0.2) is 0 Å². The van der Waals surface area contributed by atoms with Gasteiger partial charge in [-0.3, -0.25) is 0 Å². The minimum absolute atomic E-state index is 0.601. The summed E-state index contributed by atoms with van der Waals surface area (Å²) in [6, 6.07) is 3.71. The van der Waals surface area contributed by atoms with Crippen molar-refractivity contribution < 1.29 is 13.2 Å². The van der Waals surface area contributed by atoms with Crippen LogP contribution in [0.3, 0.4) is 0 Å². The van der Waals surface area contributed by atoms with Crippen molar-refractivity contribution in [1.82, 2.24) is 0 Å². The van der Waals surface area contributed by atoms with E-state index >= 15 is 0 Å². The van der Waals surface area contributed by atoms with Gasteiger partial charge in [-0.15, -0.1) is 11.6 Å². The van der Waals surface area contributed by atoms with E-state index in [9.17, 15) is 13.2 Å². The fourth-order valence-corrected chi connectivity index (χ4v) is 2.51. The van der Waals surface area contributed by atoms with E-state index in [4.69, 9.17) is 11.6 Å². The average Bonchev–Trinajstić information content (AvgIpc) is 1.96. The van der Waals surface area contributed by atoms with Crippen LogP contribution in [0.2, 0.25) is 0 Å². The van der Waals surface area contributed by atoms with Gasteiger partial charge in [0.2, 0.25) is 0 Å². The van der Waals surface area contributed by atoms with E-state index in [0.29, 0.717) is 5.56 Å². The van der Waals surface area contributed by atoms with Gasteiger partial charge in [0.25, 0.3) is 0 Å². The Bertz CT molecular complexity index is 359. The SMILES string of the molecule is Cc1cc(C)c(C(Cl)CC(F)(F)F)c(C)c1. The molecular weight excluding hydrogens is 237 g/mol. The van der Waals surface area contributed by atoms with Gasteiger partial charge in [-0.1, -0.05) is 17.7 Å². The van der Waals surface area contributed by atoms with Crippen molar-refractivity contribution in [3.63, 3.8) is 0 Å². The standard InChI is InChI=1S/C12H14ClF3/c1-7-4-8(2)11(9(3)5-7)10(13)6-12(14,15)16/h4-5,10H,6H2,1-3H3. The molecule has 0 heterocycles. The lowest BCUT2D eigenvalue weighted by Gasteiger charge is -2.18. The molecule has 1 atom stereocenters. The van der Waals surface area contributed by atoms with Crippen molar-refractivity contribution >= 4 is 11.6 Å². The molecular formula is C12H14ClF3. The van der Waals surface area contributed by atoms with E-state index in [1.54, 1.807) is 13.8 Å². The lowest BCUT2D eigenvalue weighted by atomic mass is 9.96. The highest BCUT2D eigenvalue weighted by molar-refractivity contribution is 6.21. The van der Waals surface area contributed by atoms with Crippen LogP contribution in [0.5, 0.6) is 0 Å². The number of hydrogen-bond donors (Lipinski definition) is 0. The molecule has 1 unspecified atom stereocenters. The third-order valence-corrected chi connectivity index (χ3v) is 2.83. The average molecular weight is 251 g/mol. The van der Waals surface area contributed by atoms with Crippen LogP contribution in [0.25, 0.3) is 0 Å². The highest BCUT2D eigenvalue weighted by Gasteiger charge is 2.32. The molecule has 1 aromatic rings. The van der Waals surface area contributed by atoms with Crippen LogP contribution < -0.4 is 0 Å². The van der Waals surface area contributed by atoms with E-state index in [2.05, 4.69) is 0 Å².